The van der Waals surface area contributed by atoms with Crippen molar-refractivity contribution in [2.45, 2.75) is 64.5 Å². The highest BCUT2D eigenvalue weighted by Crippen LogP contribution is 2.30. The number of benzene rings is 1. The average molecular weight is 419 g/mol. The lowest BCUT2D eigenvalue weighted by Gasteiger charge is -2.33. The minimum atomic E-state index is -0.617. The highest BCUT2D eigenvalue weighted by atomic mass is 19.1. The monoisotopic (exact) mass is 418 g/mol. The predicted molar refractivity (Wildman–Crippen MR) is 112 cm³/mol. The number of nitrogens with zero attached hydrogens (tertiary/aromatic N) is 1. The first kappa shape index (κ1) is 22.1. The van der Waals surface area contributed by atoms with E-state index in [1.807, 2.05) is 11.0 Å². The Morgan fingerprint density at radius 3 is 2.70 bits per heavy atom. The van der Waals surface area contributed by atoms with Crippen molar-refractivity contribution in [3.8, 4) is 5.75 Å². The molecule has 3 rings (SSSR count). The van der Waals surface area contributed by atoms with Crippen LogP contribution in [0.2, 0.25) is 0 Å². The summed E-state index contributed by atoms with van der Waals surface area (Å²) < 4.78 is 24.0. The Morgan fingerprint density at radius 2 is 2.03 bits per heavy atom. The normalized spacial score (nSPS) is 17.7. The highest BCUT2D eigenvalue weighted by molar-refractivity contribution is 5.97. The number of carbonyl (C=O) groups excluding carboxylic acids is 2. The summed E-state index contributed by atoms with van der Waals surface area (Å²) in [5.74, 6) is 0.674. The SMILES string of the molecule is CC(C)(C)OC(=O)NC/C(=C/F)COc1ccc2c(c1)CCN(C1CCCC1)C2=O. The fraction of sp³-hybridized carbons (Fsp3) is 0.565. The number of hydrogen-bond acceptors (Lipinski definition) is 4. The van der Waals surface area contributed by atoms with Crippen LogP contribution in [-0.2, 0) is 11.2 Å². The molecular weight excluding hydrogens is 387 g/mol. The minimum Gasteiger partial charge on any atom is -0.489 e. The first-order valence-corrected chi connectivity index (χ1v) is 10.6. The molecule has 0 spiro atoms. The van der Waals surface area contributed by atoms with Crippen LogP contribution in [0.3, 0.4) is 0 Å². The lowest BCUT2D eigenvalue weighted by atomic mass is 9.97. The van der Waals surface area contributed by atoms with Crippen LogP contribution in [-0.4, -0.2) is 48.2 Å². The maximum Gasteiger partial charge on any atom is 0.407 e. The van der Waals surface area contributed by atoms with Crippen molar-refractivity contribution in [3.05, 3.63) is 41.2 Å². The molecule has 2 aliphatic rings. The second-order valence-electron chi connectivity index (χ2n) is 8.92. The van der Waals surface area contributed by atoms with Crippen molar-refractivity contribution in [3.63, 3.8) is 0 Å². The van der Waals surface area contributed by atoms with Crippen LogP contribution >= 0.6 is 0 Å². The van der Waals surface area contributed by atoms with E-state index in [2.05, 4.69) is 5.32 Å². The second kappa shape index (κ2) is 9.49. The molecule has 1 aliphatic heterocycles. The third-order valence-electron chi connectivity index (χ3n) is 5.39. The number of hydrogen-bond donors (Lipinski definition) is 1. The van der Waals surface area contributed by atoms with E-state index in [-0.39, 0.29) is 24.6 Å². The molecule has 30 heavy (non-hydrogen) atoms. The molecule has 0 atom stereocenters. The molecule has 1 N–H and O–H groups in total. The van der Waals surface area contributed by atoms with Gasteiger partial charge in [-0.2, -0.15) is 0 Å². The molecule has 0 saturated heterocycles. The molecule has 1 fully saturated rings. The van der Waals surface area contributed by atoms with Gasteiger partial charge in [0.1, 0.15) is 18.0 Å². The Bertz CT molecular complexity index is 810. The summed E-state index contributed by atoms with van der Waals surface area (Å²) in [6.45, 7) is 5.99. The van der Waals surface area contributed by atoms with E-state index in [0.717, 1.165) is 36.9 Å². The van der Waals surface area contributed by atoms with Crippen molar-refractivity contribution in [1.29, 1.82) is 0 Å². The van der Waals surface area contributed by atoms with Crippen LogP contribution in [0.4, 0.5) is 9.18 Å². The van der Waals surface area contributed by atoms with Gasteiger partial charge in [0.25, 0.3) is 5.91 Å². The van der Waals surface area contributed by atoms with Gasteiger partial charge >= 0.3 is 6.09 Å². The van der Waals surface area contributed by atoms with Gasteiger partial charge in [-0.1, -0.05) is 12.8 Å². The van der Waals surface area contributed by atoms with E-state index in [0.29, 0.717) is 18.1 Å². The highest BCUT2D eigenvalue weighted by Gasteiger charge is 2.31. The number of fused-ring (bicyclic) bond motifs is 1. The fourth-order valence-electron chi connectivity index (χ4n) is 3.93. The Labute approximate surface area is 177 Å². The van der Waals surface area contributed by atoms with Gasteiger partial charge in [-0.15, -0.1) is 0 Å². The van der Waals surface area contributed by atoms with Gasteiger partial charge in [-0.25, -0.2) is 9.18 Å². The largest absolute Gasteiger partial charge is 0.489 e. The van der Waals surface area contributed by atoms with Crippen molar-refractivity contribution in [2.75, 3.05) is 19.7 Å². The first-order chi connectivity index (χ1) is 14.3. The standard InChI is InChI=1S/C23H31FN2O4/c1-23(2,3)30-22(28)25-14-16(13-24)15-29-19-8-9-20-17(12-19)10-11-26(21(20)27)18-6-4-5-7-18/h8-9,12-13,18H,4-7,10-11,14-15H2,1-3H3,(H,25,28)/b16-13-. The third-order valence-corrected chi connectivity index (χ3v) is 5.39. The molecule has 0 aromatic heterocycles. The molecule has 1 aliphatic carbocycles. The molecule has 1 heterocycles. The van der Waals surface area contributed by atoms with Crippen molar-refractivity contribution < 1.29 is 23.5 Å². The first-order valence-electron chi connectivity index (χ1n) is 10.6. The van der Waals surface area contributed by atoms with Crippen LogP contribution in [0, 0.1) is 0 Å². The van der Waals surface area contributed by atoms with Crippen LogP contribution < -0.4 is 10.1 Å². The average Bonchev–Trinajstić information content (AvgIpc) is 3.21. The third kappa shape index (κ3) is 5.74. The number of ether oxygens (including phenoxy) is 2. The number of nitrogens with one attached hydrogen (secondary N) is 1. The van der Waals surface area contributed by atoms with Crippen LogP contribution in [0.25, 0.3) is 0 Å². The van der Waals surface area contributed by atoms with Gasteiger partial charge in [0.2, 0.25) is 0 Å². The summed E-state index contributed by atoms with van der Waals surface area (Å²) in [6, 6.07) is 5.77. The van der Waals surface area contributed by atoms with E-state index in [4.69, 9.17) is 9.47 Å². The van der Waals surface area contributed by atoms with Crippen molar-refractivity contribution >= 4 is 12.0 Å². The maximum absolute atomic E-state index is 13.2. The fourth-order valence-corrected chi connectivity index (χ4v) is 3.93. The topological polar surface area (TPSA) is 67.9 Å². The van der Waals surface area contributed by atoms with Gasteiger partial charge in [-0.05, 0) is 63.8 Å². The molecule has 1 aromatic carbocycles. The number of alkyl carbamates (subject to hydrolysis) is 1. The molecule has 1 aromatic rings. The Morgan fingerprint density at radius 1 is 1.30 bits per heavy atom. The number of amides is 2. The Balaban J connectivity index is 1.54. The zero-order valence-corrected chi connectivity index (χ0v) is 18.0. The summed E-state index contributed by atoms with van der Waals surface area (Å²) in [4.78, 5) is 26.6. The number of carbonyl (C=O) groups is 2. The summed E-state index contributed by atoms with van der Waals surface area (Å²) >= 11 is 0. The smallest absolute Gasteiger partial charge is 0.407 e. The van der Waals surface area contributed by atoms with Gasteiger partial charge in [0, 0.05) is 30.3 Å². The van der Waals surface area contributed by atoms with Gasteiger partial charge in [0.15, 0.2) is 0 Å². The maximum atomic E-state index is 13.2. The minimum absolute atomic E-state index is 0.00672. The summed E-state index contributed by atoms with van der Waals surface area (Å²) in [5.41, 5.74) is 1.36. The zero-order chi connectivity index (χ0) is 21.7. The van der Waals surface area contributed by atoms with E-state index in [9.17, 15) is 14.0 Å². The summed E-state index contributed by atoms with van der Waals surface area (Å²) in [5, 5.41) is 2.51. The predicted octanol–water partition coefficient (Wildman–Crippen LogP) is 4.38. The van der Waals surface area contributed by atoms with Gasteiger partial charge in [0.05, 0.1) is 6.33 Å². The number of halogens is 1. The second-order valence-corrected chi connectivity index (χ2v) is 8.92. The van der Waals surface area contributed by atoms with Crippen LogP contribution in [0.1, 0.15) is 62.4 Å². The molecule has 164 valence electrons. The molecular formula is C23H31FN2O4. The Hall–Kier alpha value is -2.57. The quantitative estimate of drug-likeness (QED) is 0.744. The lowest BCUT2D eigenvalue weighted by Crippen LogP contribution is -2.43. The molecule has 1 saturated carbocycles. The zero-order valence-electron chi connectivity index (χ0n) is 18.0. The van der Waals surface area contributed by atoms with E-state index in [1.54, 1.807) is 32.9 Å². The van der Waals surface area contributed by atoms with E-state index in [1.165, 1.54) is 12.8 Å². The molecule has 0 unspecified atom stereocenters. The van der Waals surface area contributed by atoms with E-state index < -0.39 is 11.7 Å². The molecule has 0 bridgehead atoms. The van der Waals surface area contributed by atoms with Gasteiger partial charge < -0.3 is 19.7 Å². The summed E-state index contributed by atoms with van der Waals surface area (Å²) in [6.07, 6.45) is 5.19. The van der Waals surface area contributed by atoms with Crippen molar-refractivity contribution in [2.24, 2.45) is 0 Å². The lowest BCUT2D eigenvalue weighted by molar-refractivity contribution is 0.0531. The van der Waals surface area contributed by atoms with Crippen molar-refractivity contribution in [1.82, 2.24) is 10.2 Å². The van der Waals surface area contributed by atoms with E-state index >= 15 is 0 Å². The Kier molecular flexibility index (Phi) is 7.00. The molecule has 6 nitrogen and oxygen atoms in total. The molecule has 7 heteroatoms. The summed E-state index contributed by atoms with van der Waals surface area (Å²) in [7, 11) is 0. The molecule has 2 amide bonds. The van der Waals surface area contributed by atoms with Crippen LogP contribution in [0.15, 0.2) is 30.1 Å². The molecule has 0 radical (unpaired) electrons. The van der Waals surface area contributed by atoms with Gasteiger partial charge in [-0.3, -0.25) is 4.79 Å². The number of rotatable bonds is 6. The van der Waals surface area contributed by atoms with Crippen LogP contribution in [0.5, 0.6) is 5.75 Å².